The van der Waals surface area contributed by atoms with E-state index in [1.807, 2.05) is 5.32 Å². The Balaban J connectivity index is 5.26. The summed E-state index contributed by atoms with van der Waals surface area (Å²) in [5.74, 6) is -9.11. The average molecular weight is 562 g/mol. The maximum Gasteiger partial charge on any atom is 0.326 e. The second-order valence-electron chi connectivity index (χ2n) is 8.39. The van der Waals surface area contributed by atoms with E-state index in [2.05, 4.69) is 16.0 Å². The van der Waals surface area contributed by atoms with Crippen molar-refractivity contribution < 1.29 is 53.7 Å². The monoisotopic (exact) mass is 561 g/mol. The highest BCUT2D eigenvalue weighted by molar-refractivity contribution is 5.96. The summed E-state index contributed by atoms with van der Waals surface area (Å²) in [5.41, 5.74) is 16.1. The molecule has 0 aliphatic rings. The standard InChI is InChI=1S/C21H35N7O11/c22-6-2-1-3-11(20(37)28-13(21(38)39)8-17(33)34)26-15(30)9-25-19(36)12(7-14(24)29)27-18(35)10(23)4-5-16(31)32/h10-13H,1-9,22-23H2,(H2,24,29)(H,25,36)(H,26,30)(H,27,35)(H,28,37)(H,31,32)(H,33,34)(H,38,39)/t10-,11-,12-,13-/m0/s1. The van der Waals surface area contributed by atoms with Crippen LogP contribution in [0.4, 0.5) is 0 Å². The summed E-state index contributed by atoms with van der Waals surface area (Å²) in [4.78, 5) is 93.7. The number of aliphatic carboxylic acids is 3. The highest BCUT2D eigenvalue weighted by Gasteiger charge is 2.29. The second-order valence-corrected chi connectivity index (χ2v) is 8.39. The van der Waals surface area contributed by atoms with Gasteiger partial charge in [-0.3, -0.25) is 33.6 Å². The Bertz CT molecular complexity index is 928. The van der Waals surface area contributed by atoms with E-state index in [1.165, 1.54) is 0 Å². The molecular formula is C21H35N7O11. The van der Waals surface area contributed by atoms with Gasteiger partial charge in [0.1, 0.15) is 18.1 Å². The van der Waals surface area contributed by atoms with Crippen LogP contribution >= 0.6 is 0 Å². The number of carbonyl (C=O) groups is 8. The highest BCUT2D eigenvalue weighted by atomic mass is 16.4. The fourth-order valence-electron chi connectivity index (χ4n) is 3.04. The molecule has 0 aromatic rings. The van der Waals surface area contributed by atoms with Crippen LogP contribution in [0.15, 0.2) is 0 Å². The Morgan fingerprint density at radius 3 is 1.82 bits per heavy atom. The molecule has 0 aliphatic heterocycles. The lowest BCUT2D eigenvalue weighted by molar-refractivity contribution is -0.147. The molecule has 4 atom stereocenters. The van der Waals surface area contributed by atoms with Gasteiger partial charge in [-0.25, -0.2) is 4.79 Å². The summed E-state index contributed by atoms with van der Waals surface area (Å²) in [6.07, 6.45) is -1.45. The fraction of sp³-hybridized carbons (Fsp3) is 0.619. The van der Waals surface area contributed by atoms with Gasteiger partial charge >= 0.3 is 17.9 Å². The van der Waals surface area contributed by atoms with Crippen LogP contribution in [0.3, 0.4) is 0 Å². The number of rotatable bonds is 20. The van der Waals surface area contributed by atoms with Gasteiger partial charge in [0.25, 0.3) is 0 Å². The van der Waals surface area contributed by atoms with Gasteiger partial charge in [-0.15, -0.1) is 0 Å². The number of hydrogen-bond donors (Lipinski definition) is 10. The van der Waals surface area contributed by atoms with E-state index in [0.29, 0.717) is 12.8 Å². The van der Waals surface area contributed by atoms with E-state index < -0.39 is 97.4 Å². The van der Waals surface area contributed by atoms with Crippen LogP contribution in [-0.2, 0) is 38.4 Å². The number of nitrogens with two attached hydrogens (primary N) is 3. The first kappa shape index (κ1) is 34.7. The van der Waals surface area contributed by atoms with Crippen LogP contribution in [-0.4, -0.2) is 100 Å². The summed E-state index contributed by atoms with van der Waals surface area (Å²) >= 11 is 0. The summed E-state index contributed by atoms with van der Waals surface area (Å²) < 4.78 is 0. The molecule has 220 valence electrons. The van der Waals surface area contributed by atoms with E-state index >= 15 is 0 Å². The average Bonchev–Trinajstić information content (AvgIpc) is 2.83. The quantitative estimate of drug-likeness (QED) is 0.0625. The van der Waals surface area contributed by atoms with Crippen molar-refractivity contribution in [1.82, 2.24) is 21.3 Å². The Hall–Kier alpha value is -4.32. The molecule has 0 unspecified atom stereocenters. The Morgan fingerprint density at radius 2 is 1.31 bits per heavy atom. The third-order valence-corrected chi connectivity index (χ3v) is 5.06. The van der Waals surface area contributed by atoms with Crippen molar-refractivity contribution in [2.45, 2.75) is 69.1 Å². The van der Waals surface area contributed by atoms with E-state index in [9.17, 15) is 38.4 Å². The minimum absolute atomic E-state index is 0.0106. The van der Waals surface area contributed by atoms with Crippen molar-refractivity contribution in [3.63, 3.8) is 0 Å². The molecule has 0 bridgehead atoms. The lowest BCUT2D eigenvalue weighted by Crippen LogP contribution is -2.55. The number of nitrogens with one attached hydrogen (secondary N) is 4. The van der Waals surface area contributed by atoms with Crippen LogP contribution in [0, 0.1) is 0 Å². The highest BCUT2D eigenvalue weighted by Crippen LogP contribution is 2.04. The van der Waals surface area contributed by atoms with Crippen molar-refractivity contribution >= 4 is 47.4 Å². The summed E-state index contributed by atoms with van der Waals surface area (Å²) in [5, 5.41) is 35.3. The smallest absolute Gasteiger partial charge is 0.326 e. The van der Waals surface area contributed by atoms with Crippen molar-refractivity contribution in [2.75, 3.05) is 13.1 Å². The normalized spacial score (nSPS) is 13.6. The van der Waals surface area contributed by atoms with Gasteiger partial charge in [-0.1, -0.05) is 0 Å². The van der Waals surface area contributed by atoms with E-state index in [4.69, 9.17) is 32.5 Å². The Labute approximate surface area is 222 Å². The molecule has 0 aromatic heterocycles. The van der Waals surface area contributed by atoms with E-state index in [1.54, 1.807) is 0 Å². The molecule has 5 amide bonds. The molecule has 0 fully saturated rings. The van der Waals surface area contributed by atoms with Gasteiger partial charge in [0.05, 0.1) is 25.4 Å². The molecule has 0 rings (SSSR count). The zero-order valence-electron chi connectivity index (χ0n) is 21.0. The molecule has 18 heteroatoms. The number of primary amides is 1. The van der Waals surface area contributed by atoms with Crippen molar-refractivity contribution in [1.29, 1.82) is 0 Å². The van der Waals surface area contributed by atoms with Crippen molar-refractivity contribution in [3.8, 4) is 0 Å². The zero-order chi connectivity index (χ0) is 30.1. The summed E-state index contributed by atoms with van der Waals surface area (Å²) in [7, 11) is 0. The third kappa shape index (κ3) is 15.5. The van der Waals surface area contributed by atoms with Gasteiger partial charge in [0.15, 0.2) is 0 Å². The maximum atomic E-state index is 12.6. The first-order valence-electron chi connectivity index (χ1n) is 11.8. The number of carboxylic acid groups (broad SMARTS) is 3. The molecule has 0 aliphatic carbocycles. The number of carboxylic acids is 3. The Morgan fingerprint density at radius 1 is 0.692 bits per heavy atom. The molecule has 13 N–H and O–H groups in total. The maximum absolute atomic E-state index is 12.6. The lowest BCUT2D eigenvalue weighted by atomic mass is 10.1. The predicted molar refractivity (Wildman–Crippen MR) is 130 cm³/mol. The summed E-state index contributed by atoms with van der Waals surface area (Å²) in [6.45, 7) is -0.477. The van der Waals surface area contributed by atoms with Crippen LogP contribution in [0.5, 0.6) is 0 Å². The number of carbonyl (C=O) groups excluding carboxylic acids is 5. The van der Waals surface area contributed by atoms with Gasteiger partial charge in [0.2, 0.25) is 29.5 Å². The predicted octanol–water partition coefficient (Wildman–Crippen LogP) is -4.69. The van der Waals surface area contributed by atoms with Crippen LogP contribution in [0.2, 0.25) is 0 Å². The molecule has 0 spiro atoms. The largest absolute Gasteiger partial charge is 0.481 e. The first-order valence-corrected chi connectivity index (χ1v) is 11.8. The van der Waals surface area contributed by atoms with Crippen LogP contribution in [0.25, 0.3) is 0 Å². The Kier molecular flexibility index (Phi) is 16.0. The van der Waals surface area contributed by atoms with Crippen LogP contribution in [0.1, 0.15) is 44.9 Å². The van der Waals surface area contributed by atoms with E-state index in [-0.39, 0.29) is 19.4 Å². The van der Waals surface area contributed by atoms with Gasteiger partial charge in [-0.2, -0.15) is 0 Å². The van der Waals surface area contributed by atoms with Crippen molar-refractivity contribution in [3.05, 3.63) is 0 Å². The molecule has 0 saturated carbocycles. The third-order valence-electron chi connectivity index (χ3n) is 5.06. The number of unbranched alkanes of at least 4 members (excludes halogenated alkanes) is 1. The van der Waals surface area contributed by atoms with Crippen molar-refractivity contribution in [2.24, 2.45) is 17.2 Å². The fourth-order valence-corrected chi connectivity index (χ4v) is 3.04. The molecule has 0 radical (unpaired) electrons. The van der Waals surface area contributed by atoms with Gasteiger partial charge in [-0.05, 0) is 32.2 Å². The van der Waals surface area contributed by atoms with Crippen LogP contribution < -0.4 is 38.5 Å². The van der Waals surface area contributed by atoms with Gasteiger partial charge < -0.3 is 53.8 Å². The molecule has 0 saturated heterocycles. The molecule has 18 nitrogen and oxygen atoms in total. The summed E-state index contributed by atoms with van der Waals surface area (Å²) in [6, 6.07) is -5.92. The number of hydrogen-bond acceptors (Lipinski definition) is 10. The SMILES string of the molecule is NCCCC[C@H](NC(=O)CNC(=O)[C@H](CC(N)=O)NC(=O)[C@@H](N)CCC(=O)O)C(=O)N[C@@H](CC(=O)O)C(=O)O. The topological polar surface area (TPSA) is 323 Å². The van der Waals surface area contributed by atoms with Gasteiger partial charge in [0, 0.05) is 6.42 Å². The minimum atomic E-state index is -1.76. The second kappa shape index (κ2) is 18.0. The lowest BCUT2D eigenvalue weighted by Gasteiger charge is -2.22. The molecule has 39 heavy (non-hydrogen) atoms. The van der Waals surface area contributed by atoms with E-state index in [0.717, 1.165) is 0 Å². The minimum Gasteiger partial charge on any atom is -0.481 e. The first-order chi connectivity index (χ1) is 18.2. The number of amides is 5. The molecular weight excluding hydrogens is 526 g/mol. The molecule has 0 aromatic carbocycles. The molecule has 0 heterocycles. The zero-order valence-corrected chi connectivity index (χ0v) is 21.0.